The second kappa shape index (κ2) is 10.9. The number of benzene rings is 2. The lowest BCUT2D eigenvalue weighted by Crippen LogP contribution is -2.44. The summed E-state index contributed by atoms with van der Waals surface area (Å²) in [7, 11) is 3.23. The second-order valence-corrected chi connectivity index (χ2v) is 7.84. The van der Waals surface area contributed by atoms with E-state index in [0.717, 1.165) is 5.56 Å². The minimum atomic E-state index is -0.753. The summed E-state index contributed by atoms with van der Waals surface area (Å²) in [5, 5.41) is 12.8. The van der Waals surface area contributed by atoms with Crippen LogP contribution in [-0.2, 0) is 16.1 Å². The average Bonchev–Trinajstić information content (AvgIpc) is 3.14. The number of nitrogens with one attached hydrogen (secondary N) is 1. The van der Waals surface area contributed by atoms with E-state index in [4.69, 9.17) is 21.4 Å². The first-order valence-corrected chi connectivity index (χ1v) is 10.6. The monoisotopic (exact) mass is 458 g/mol. The molecule has 0 aromatic heterocycles. The third kappa shape index (κ3) is 5.52. The fourth-order valence-corrected chi connectivity index (χ4v) is 3.54. The van der Waals surface area contributed by atoms with Crippen LogP contribution in [0.25, 0.3) is 0 Å². The van der Waals surface area contributed by atoms with Crippen molar-refractivity contribution in [1.82, 2.24) is 20.0 Å². The molecule has 1 heterocycles. The lowest BCUT2D eigenvalue weighted by molar-refractivity contribution is -0.128. The van der Waals surface area contributed by atoms with Gasteiger partial charge in [0.1, 0.15) is 17.3 Å². The standard InChI is InChI=1S/C23H27ClN4O4/c1-26(12-7-13-29)22(31)20-21(27(2)16-30)25-23(32-19-11-6-10-18(24)14-19)28(20)15-17-8-4-3-5-9-17/h3-6,8-11,14,16,23,25,29H,7,12-13,15H2,1-2H3. The van der Waals surface area contributed by atoms with Crippen LogP contribution in [0.15, 0.2) is 66.1 Å². The molecule has 1 aliphatic rings. The Hall–Kier alpha value is -3.23. The number of carbonyl (C=O) groups excluding carboxylic acids is 2. The molecule has 0 fully saturated rings. The van der Waals surface area contributed by atoms with E-state index in [9.17, 15) is 9.59 Å². The zero-order chi connectivity index (χ0) is 23.1. The fourth-order valence-electron chi connectivity index (χ4n) is 3.36. The van der Waals surface area contributed by atoms with Crippen LogP contribution >= 0.6 is 11.6 Å². The highest BCUT2D eigenvalue weighted by Crippen LogP contribution is 2.28. The Balaban J connectivity index is 1.99. The molecule has 1 unspecified atom stereocenters. The maximum absolute atomic E-state index is 13.4. The van der Waals surface area contributed by atoms with Crippen molar-refractivity contribution in [2.24, 2.45) is 0 Å². The van der Waals surface area contributed by atoms with Gasteiger partial charge < -0.3 is 29.9 Å². The Kier molecular flexibility index (Phi) is 7.97. The molecular weight excluding hydrogens is 432 g/mol. The third-order valence-corrected chi connectivity index (χ3v) is 5.24. The largest absolute Gasteiger partial charge is 0.452 e. The number of rotatable bonds is 10. The van der Waals surface area contributed by atoms with E-state index in [0.29, 0.717) is 48.2 Å². The predicted molar refractivity (Wildman–Crippen MR) is 121 cm³/mol. The van der Waals surface area contributed by atoms with Crippen LogP contribution in [0, 0.1) is 0 Å². The first kappa shape index (κ1) is 23.4. The predicted octanol–water partition coefficient (Wildman–Crippen LogP) is 2.21. The van der Waals surface area contributed by atoms with Crippen LogP contribution in [0.5, 0.6) is 5.75 Å². The number of nitrogens with zero attached hydrogens (tertiary/aromatic N) is 3. The molecule has 2 amide bonds. The molecule has 9 heteroatoms. The quantitative estimate of drug-likeness (QED) is 0.531. The van der Waals surface area contributed by atoms with Crippen molar-refractivity contribution in [1.29, 1.82) is 0 Å². The van der Waals surface area contributed by atoms with Gasteiger partial charge in [0.05, 0.1) is 0 Å². The van der Waals surface area contributed by atoms with Crippen molar-refractivity contribution >= 4 is 23.9 Å². The smallest absolute Gasteiger partial charge is 0.273 e. The number of hydrogen-bond acceptors (Lipinski definition) is 6. The summed E-state index contributed by atoms with van der Waals surface area (Å²) < 4.78 is 6.14. The number of amides is 2. The van der Waals surface area contributed by atoms with Crippen molar-refractivity contribution in [3.8, 4) is 5.75 Å². The summed E-state index contributed by atoms with van der Waals surface area (Å²) in [4.78, 5) is 29.6. The molecule has 3 rings (SSSR count). The zero-order valence-electron chi connectivity index (χ0n) is 18.1. The molecular formula is C23H27ClN4O4. The number of likely N-dealkylation sites (N-methyl/N-ethyl adjacent to an activating group) is 1. The molecule has 1 aliphatic heterocycles. The molecule has 1 atom stereocenters. The number of carbonyl (C=O) groups is 2. The van der Waals surface area contributed by atoms with Crippen molar-refractivity contribution < 1.29 is 19.4 Å². The molecule has 0 spiro atoms. The summed E-state index contributed by atoms with van der Waals surface area (Å²) in [5.41, 5.74) is 1.27. The molecule has 170 valence electrons. The topological polar surface area (TPSA) is 85.4 Å². The van der Waals surface area contributed by atoms with E-state index in [1.807, 2.05) is 30.3 Å². The molecule has 0 saturated heterocycles. The highest BCUT2D eigenvalue weighted by Gasteiger charge is 2.39. The van der Waals surface area contributed by atoms with Crippen molar-refractivity contribution in [3.05, 3.63) is 76.7 Å². The molecule has 8 nitrogen and oxygen atoms in total. The molecule has 0 bridgehead atoms. The summed E-state index contributed by atoms with van der Waals surface area (Å²) >= 11 is 6.11. The average molecular weight is 459 g/mol. The van der Waals surface area contributed by atoms with Crippen LogP contribution in [0.1, 0.15) is 12.0 Å². The molecule has 0 aliphatic carbocycles. The minimum Gasteiger partial charge on any atom is -0.452 e. The first-order chi connectivity index (χ1) is 15.4. The van der Waals surface area contributed by atoms with Crippen molar-refractivity contribution in [2.45, 2.75) is 19.3 Å². The normalized spacial score (nSPS) is 15.4. The number of hydrogen-bond donors (Lipinski definition) is 2. The van der Waals surface area contributed by atoms with Crippen LogP contribution in [0.3, 0.4) is 0 Å². The Labute approximate surface area is 192 Å². The molecule has 2 N–H and O–H groups in total. The van der Waals surface area contributed by atoms with Gasteiger partial charge in [-0.3, -0.25) is 9.59 Å². The van der Waals surface area contributed by atoms with Crippen LogP contribution in [0.2, 0.25) is 5.02 Å². The number of halogens is 1. The lowest BCUT2D eigenvalue weighted by atomic mass is 10.2. The minimum absolute atomic E-state index is 0.0236. The van der Waals surface area contributed by atoms with Gasteiger partial charge in [0.25, 0.3) is 12.3 Å². The van der Waals surface area contributed by atoms with Crippen LogP contribution in [-0.4, -0.2) is 65.7 Å². The highest BCUT2D eigenvalue weighted by molar-refractivity contribution is 6.30. The van der Waals surface area contributed by atoms with Gasteiger partial charge in [-0.25, -0.2) is 0 Å². The second-order valence-electron chi connectivity index (χ2n) is 7.40. The van der Waals surface area contributed by atoms with Gasteiger partial charge in [-0.05, 0) is 30.2 Å². The zero-order valence-corrected chi connectivity index (χ0v) is 18.8. The molecule has 32 heavy (non-hydrogen) atoms. The van der Waals surface area contributed by atoms with Gasteiger partial charge in [-0.2, -0.15) is 0 Å². The Morgan fingerprint density at radius 3 is 2.62 bits per heavy atom. The number of ether oxygens (including phenoxy) is 1. The van der Waals surface area contributed by atoms with E-state index in [2.05, 4.69) is 5.32 Å². The van der Waals surface area contributed by atoms with Gasteiger partial charge >= 0.3 is 0 Å². The first-order valence-electron chi connectivity index (χ1n) is 10.2. The molecule has 0 radical (unpaired) electrons. The van der Waals surface area contributed by atoms with E-state index in [-0.39, 0.29) is 12.5 Å². The fraction of sp³-hybridized carbons (Fsp3) is 0.304. The summed E-state index contributed by atoms with van der Waals surface area (Å²) in [6.45, 7) is 0.713. The van der Waals surface area contributed by atoms with Crippen LogP contribution < -0.4 is 10.1 Å². The SMILES string of the molecule is CN(C=O)C1=C(C(=O)N(C)CCCO)N(Cc2ccccc2)C(Oc2cccc(Cl)c2)N1. The Morgan fingerprint density at radius 1 is 1.22 bits per heavy atom. The van der Waals surface area contributed by atoms with E-state index < -0.39 is 6.35 Å². The lowest BCUT2D eigenvalue weighted by Gasteiger charge is -2.30. The van der Waals surface area contributed by atoms with E-state index >= 15 is 0 Å². The maximum Gasteiger partial charge on any atom is 0.273 e. The van der Waals surface area contributed by atoms with Gasteiger partial charge in [-0.15, -0.1) is 0 Å². The Bertz CT molecular complexity index is 969. The van der Waals surface area contributed by atoms with Gasteiger partial charge in [-0.1, -0.05) is 48.0 Å². The van der Waals surface area contributed by atoms with E-state index in [1.54, 1.807) is 43.3 Å². The molecule has 2 aromatic carbocycles. The Morgan fingerprint density at radius 2 is 1.97 bits per heavy atom. The number of aliphatic hydroxyl groups is 1. The summed E-state index contributed by atoms with van der Waals surface area (Å²) in [6, 6.07) is 16.6. The summed E-state index contributed by atoms with van der Waals surface area (Å²) in [5.74, 6) is 0.565. The number of aliphatic hydroxyl groups excluding tert-OH is 1. The van der Waals surface area contributed by atoms with Crippen LogP contribution in [0.4, 0.5) is 0 Å². The summed E-state index contributed by atoms with van der Waals surface area (Å²) in [6.07, 6.45) is 0.325. The third-order valence-electron chi connectivity index (χ3n) is 5.01. The van der Waals surface area contributed by atoms with Crippen molar-refractivity contribution in [2.75, 3.05) is 27.2 Å². The van der Waals surface area contributed by atoms with Gasteiger partial charge in [0, 0.05) is 38.8 Å². The highest BCUT2D eigenvalue weighted by atomic mass is 35.5. The maximum atomic E-state index is 13.4. The van der Waals surface area contributed by atoms with Gasteiger partial charge in [0.15, 0.2) is 0 Å². The van der Waals surface area contributed by atoms with E-state index in [1.165, 1.54) is 9.80 Å². The van der Waals surface area contributed by atoms with Gasteiger partial charge in [0.2, 0.25) is 6.41 Å². The van der Waals surface area contributed by atoms with Crippen molar-refractivity contribution in [3.63, 3.8) is 0 Å². The molecule has 2 aromatic rings. The molecule has 0 saturated carbocycles.